The van der Waals surface area contributed by atoms with Crippen molar-refractivity contribution in [2.75, 3.05) is 18.8 Å². The highest BCUT2D eigenvalue weighted by atomic mass is 16.4. The maximum absolute atomic E-state index is 11.3. The summed E-state index contributed by atoms with van der Waals surface area (Å²) in [6, 6.07) is 5.33. The number of carbonyl (C=O) groups is 1. The lowest BCUT2D eigenvalue weighted by Gasteiger charge is -2.37. The van der Waals surface area contributed by atoms with Gasteiger partial charge in [-0.3, -0.25) is 4.90 Å². The number of nitrogen functional groups attached to an aromatic ring is 1. The highest BCUT2D eigenvalue weighted by molar-refractivity contribution is 5.95. The Balaban J connectivity index is 2.12. The van der Waals surface area contributed by atoms with Crippen LogP contribution in [0.25, 0.3) is 0 Å². The van der Waals surface area contributed by atoms with Crippen molar-refractivity contribution < 1.29 is 9.90 Å². The van der Waals surface area contributed by atoms with Gasteiger partial charge in [-0.25, -0.2) is 4.79 Å². The topological polar surface area (TPSA) is 66.6 Å². The molecule has 0 saturated carbocycles. The molecule has 0 radical (unpaired) electrons. The van der Waals surface area contributed by atoms with E-state index in [1.165, 1.54) is 0 Å². The minimum Gasteiger partial charge on any atom is -0.478 e. The van der Waals surface area contributed by atoms with Crippen LogP contribution in [0, 0.1) is 5.41 Å². The van der Waals surface area contributed by atoms with Crippen LogP contribution < -0.4 is 5.73 Å². The maximum atomic E-state index is 11.3. The average molecular weight is 262 g/mol. The third kappa shape index (κ3) is 3.26. The Hall–Kier alpha value is -1.55. The molecule has 104 valence electrons. The first-order valence-corrected chi connectivity index (χ1v) is 6.72. The molecule has 1 fully saturated rings. The summed E-state index contributed by atoms with van der Waals surface area (Å²) in [7, 11) is 0. The minimum atomic E-state index is -0.939. The number of rotatable bonds is 3. The summed E-state index contributed by atoms with van der Waals surface area (Å²) in [5.41, 5.74) is 7.59. The first-order chi connectivity index (χ1) is 8.89. The quantitative estimate of drug-likeness (QED) is 0.822. The zero-order chi connectivity index (χ0) is 14.0. The first-order valence-electron chi connectivity index (χ1n) is 6.72. The summed E-state index contributed by atoms with van der Waals surface area (Å²) in [6.45, 7) is 7.27. The predicted octanol–water partition coefficient (Wildman–Crippen LogP) is 2.59. The van der Waals surface area contributed by atoms with Gasteiger partial charge in [0.05, 0.1) is 5.56 Å². The third-order valence-corrected chi connectivity index (χ3v) is 4.00. The first kappa shape index (κ1) is 13.9. The fourth-order valence-corrected chi connectivity index (χ4v) is 2.57. The second kappa shape index (κ2) is 5.21. The standard InChI is InChI=1S/C15H22N2O2/c1-15(2)6-8-17(9-7-15)10-11-4-3-5-12(16)13(11)14(18)19/h3-5H,6-10,16H2,1-2H3,(H,18,19). The molecule has 0 spiro atoms. The predicted molar refractivity (Wildman–Crippen MR) is 76.1 cm³/mol. The number of nitrogens with two attached hydrogens (primary N) is 1. The van der Waals surface area contributed by atoms with Crippen molar-refractivity contribution in [2.45, 2.75) is 33.2 Å². The number of benzene rings is 1. The Kier molecular flexibility index (Phi) is 3.80. The molecule has 1 aromatic carbocycles. The highest BCUT2D eigenvalue weighted by Gasteiger charge is 2.26. The molecule has 4 heteroatoms. The molecule has 0 bridgehead atoms. The van der Waals surface area contributed by atoms with Gasteiger partial charge in [0, 0.05) is 12.2 Å². The van der Waals surface area contributed by atoms with E-state index >= 15 is 0 Å². The molecule has 1 heterocycles. The van der Waals surface area contributed by atoms with Crippen LogP contribution in [0.2, 0.25) is 0 Å². The molecule has 0 unspecified atom stereocenters. The Bertz CT molecular complexity index is 473. The van der Waals surface area contributed by atoms with Crippen molar-refractivity contribution in [3.8, 4) is 0 Å². The third-order valence-electron chi connectivity index (χ3n) is 4.00. The van der Waals surface area contributed by atoms with Gasteiger partial charge in [0.25, 0.3) is 0 Å². The van der Waals surface area contributed by atoms with Gasteiger partial charge in [-0.1, -0.05) is 26.0 Å². The molecular weight excluding hydrogens is 240 g/mol. The van der Waals surface area contributed by atoms with Gasteiger partial charge >= 0.3 is 5.97 Å². The summed E-state index contributed by atoms with van der Waals surface area (Å²) >= 11 is 0. The van der Waals surface area contributed by atoms with Crippen LogP contribution in [0.4, 0.5) is 5.69 Å². The number of hydrogen-bond acceptors (Lipinski definition) is 3. The Morgan fingerprint density at radius 1 is 1.37 bits per heavy atom. The van der Waals surface area contributed by atoms with E-state index in [1.807, 2.05) is 12.1 Å². The molecule has 19 heavy (non-hydrogen) atoms. The van der Waals surface area contributed by atoms with E-state index in [1.54, 1.807) is 6.07 Å². The van der Waals surface area contributed by atoms with Gasteiger partial charge in [-0.15, -0.1) is 0 Å². The van der Waals surface area contributed by atoms with Crippen molar-refractivity contribution in [3.63, 3.8) is 0 Å². The van der Waals surface area contributed by atoms with Crippen LogP contribution in [0.3, 0.4) is 0 Å². The fraction of sp³-hybridized carbons (Fsp3) is 0.533. The molecule has 1 aliphatic heterocycles. The second-order valence-corrected chi connectivity index (χ2v) is 6.13. The Morgan fingerprint density at radius 2 is 2.00 bits per heavy atom. The lowest BCUT2D eigenvalue weighted by atomic mass is 9.82. The van der Waals surface area contributed by atoms with Gasteiger partial charge in [0.1, 0.15) is 0 Å². The van der Waals surface area contributed by atoms with Crippen molar-refractivity contribution in [2.24, 2.45) is 5.41 Å². The van der Waals surface area contributed by atoms with Gasteiger partial charge in [0.15, 0.2) is 0 Å². The largest absolute Gasteiger partial charge is 0.478 e. The molecule has 1 aromatic rings. The van der Waals surface area contributed by atoms with Crippen molar-refractivity contribution in [1.29, 1.82) is 0 Å². The number of aromatic carboxylic acids is 1. The molecule has 0 aliphatic carbocycles. The number of piperidine rings is 1. The van der Waals surface area contributed by atoms with Gasteiger partial charge in [-0.05, 0) is 43.0 Å². The van der Waals surface area contributed by atoms with Crippen LogP contribution in [0.15, 0.2) is 18.2 Å². The average Bonchev–Trinajstić information content (AvgIpc) is 2.31. The Morgan fingerprint density at radius 3 is 2.58 bits per heavy atom. The van der Waals surface area contributed by atoms with E-state index in [-0.39, 0.29) is 5.56 Å². The van der Waals surface area contributed by atoms with Crippen LogP contribution in [0.5, 0.6) is 0 Å². The van der Waals surface area contributed by atoms with Gasteiger partial charge < -0.3 is 10.8 Å². The molecule has 0 atom stereocenters. The molecule has 1 aliphatic rings. The summed E-state index contributed by atoms with van der Waals surface area (Å²) in [5.74, 6) is -0.939. The van der Waals surface area contributed by atoms with E-state index in [2.05, 4.69) is 18.7 Å². The van der Waals surface area contributed by atoms with E-state index in [0.717, 1.165) is 31.5 Å². The van der Waals surface area contributed by atoms with Crippen LogP contribution >= 0.6 is 0 Å². The molecular formula is C15H22N2O2. The van der Waals surface area contributed by atoms with Crippen molar-refractivity contribution in [1.82, 2.24) is 4.90 Å². The summed E-state index contributed by atoms with van der Waals surface area (Å²) in [6.07, 6.45) is 2.30. The number of likely N-dealkylation sites (tertiary alicyclic amines) is 1. The second-order valence-electron chi connectivity index (χ2n) is 6.13. The molecule has 3 N–H and O–H groups in total. The highest BCUT2D eigenvalue weighted by Crippen LogP contribution is 2.30. The summed E-state index contributed by atoms with van der Waals surface area (Å²) < 4.78 is 0. The number of nitrogens with zero attached hydrogens (tertiary/aromatic N) is 1. The minimum absolute atomic E-state index is 0.257. The SMILES string of the molecule is CC1(C)CCN(Cc2cccc(N)c2C(=O)O)CC1. The molecule has 2 rings (SSSR count). The van der Waals surface area contributed by atoms with Crippen LogP contribution in [-0.2, 0) is 6.54 Å². The molecule has 0 amide bonds. The summed E-state index contributed by atoms with van der Waals surface area (Å²) in [4.78, 5) is 13.6. The lowest BCUT2D eigenvalue weighted by molar-refractivity contribution is 0.0693. The monoisotopic (exact) mass is 262 g/mol. The number of carboxylic acid groups (broad SMARTS) is 1. The van der Waals surface area contributed by atoms with E-state index in [0.29, 0.717) is 17.6 Å². The normalized spacial score (nSPS) is 19.3. The van der Waals surface area contributed by atoms with E-state index < -0.39 is 5.97 Å². The summed E-state index contributed by atoms with van der Waals surface area (Å²) in [5, 5.41) is 9.26. The van der Waals surface area contributed by atoms with Gasteiger partial charge in [-0.2, -0.15) is 0 Å². The number of carboxylic acids is 1. The van der Waals surface area contributed by atoms with Crippen molar-refractivity contribution >= 4 is 11.7 Å². The molecule has 1 saturated heterocycles. The van der Waals surface area contributed by atoms with Crippen molar-refractivity contribution in [3.05, 3.63) is 29.3 Å². The maximum Gasteiger partial charge on any atom is 0.338 e. The van der Waals surface area contributed by atoms with E-state index in [4.69, 9.17) is 5.73 Å². The number of anilines is 1. The molecule has 4 nitrogen and oxygen atoms in total. The smallest absolute Gasteiger partial charge is 0.338 e. The van der Waals surface area contributed by atoms with Crippen LogP contribution in [-0.4, -0.2) is 29.1 Å². The molecule has 0 aromatic heterocycles. The number of hydrogen-bond donors (Lipinski definition) is 2. The van der Waals surface area contributed by atoms with Gasteiger partial charge in [0.2, 0.25) is 0 Å². The zero-order valence-corrected chi connectivity index (χ0v) is 11.6. The Labute approximate surface area is 114 Å². The van der Waals surface area contributed by atoms with Crippen LogP contribution in [0.1, 0.15) is 42.6 Å². The lowest BCUT2D eigenvalue weighted by Crippen LogP contribution is -2.37. The zero-order valence-electron chi connectivity index (χ0n) is 11.6. The van der Waals surface area contributed by atoms with E-state index in [9.17, 15) is 9.90 Å². The fourth-order valence-electron chi connectivity index (χ4n) is 2.57.